The van der Waals surface area contributed by atoms with Crippen LogP contribution in [0.15, 0.2) is 72.8 Å². The molecule has 0 saturated heterocycles. The molecule has 3 aromatic rings. The molecule has 0 fully saturated rings. The minimum absolute atomic E-state index is 0.0338. The number of benzene rings is 3. The first-order valence-corrected chi connectivity index (χ1v) is 11.4. The maximum absolute atomic E-state index is 12.5. The molecule has 0 atom stereocenters. The van der Waals surface area contributed by atoms with Crippen molar-refractivity contribution in [1.29, 1.82) is 0 Å². The number of rotatable bonds is 6. The Hall–Kier alpha value is -3.71. The van der Waals surface area contributed by atoms with Gasteiger partial charge in [0.2, 0.25) is 0 Å². The van der Waals surface area contributed by atoms with Crippen LogP contribution in [0.25, 0.3) is 0 Å². The van der Waals surface area contributed by atoms with Gasteiger partial charge in [-0.1, -0.05) is 32.9 Å². The summed E-state index contributed by atoms with van der Waals surface area (Å²) in [7, 11) is 0. The molecule has 7 heteroatoms. The topological polar surface area (TPSA) is 79.5 Å². The Kier molecular flexibility index (Phi) is 8.02. The predicted molar refractivity (Wildman–Crippen MR) is 141 cm³/mol. The van der Waals surface area contributed by atoms with Crippen LogP contribution in [0.1, 0.15) is 54.0 Å². The first kappa shape index (κ1) is 24.9. The number of carbonyl (C=O) groups excluding carboxylic acids is 2. The second-order valence-corrected chi connectivity index (χ2v) is 9.13. The molecule has 0 aliphatic rings. The van der Waals surface area contributed by atoms with E-state index in [1.54, 1.807) is 48.5 Å². The van der Waals surface area contributed by atoms with Crippen LogP contribution in [-0.2, 0) is 5.41 Å². The summed E-state index contributed by atoms with van der Waals surface area (Å²) in [6.45, 7) is 8.86. The first-order chi connectivity index (χ1) is 16.2. The van der Waals surface area contributed by atoms with Crippen molar-refractivity contribution in [2.24, 2.45) is 0 Å². The van der Waals surface area contributed by atoms with Crippen molar-refractivity contribution in [3.63, 3.8) is 0 Å². The van der Waals surface area contributed by atoms with Crippen molar-refractivity contribution in [1.82, 2.24) is 5.32 Å². The van der Waals surface area contributed by atoms with Crippen LogP contribution in [0.5, 0.6) is 5.75 Å². The fourth-order valence-electron chi connectivity index (χ4n) is 3.17. The van der Waals surface area contributed by atoms with Gasteiger partial charge in [-0.25, -0.2) is 0 Å². The Morgan fingerprint density at radius 3 is 1.79 bits per heavy atom. The van der Waals surface area contributed by atoms with Crippen LogP contribution in [0.4, 0.5) is 11.4 Å². The van der Waals surface area contributed by atoms with Crippen LogP contribution in [-0.4, -0.2) is 23.5 Å². The molecule has 3 rings (SSSR count). The maximum Gasteiger partial charge on any atom is 0.257 e. The zero-order chi connectivity index (χ0) is 24.7. The summed E-state index contributed by atoms with van der Waals surface area (Å²) in [4.78, 5) is 24.9. The Labute approximate surface area is 205 Å². The smallest absolute Gasteiger partial charge is 0.257 e. The number of ether oxygens (including phenoxy) is 1. The van der Waals surface area contributed by atoms with Crippen LogP contribution in [0.3, 0.4) is 0 Å². The van der Waals surface area contributed by atoms with E-state index in [0.717, 1.165) is 0 Å². The van der Waals surface area contributed by atoms with Crippen molar-refractivity contribution in [2.45, 2.75) is 33.1 Å². The molecular weight excluding hydrogens is 446 g/mol. The standard InChI is InChI=1S/C27H29N3O3S/c1-5-33-23-16-8-19(9-17-23)25(32)30-26(34)29-22-14-12-21(13-15-22)28-24(31)18-6-10-20(11-7-18)27(2,3)4/h6-17H,5H2,1-4H3,(H,28,31)(H2,29,30,32,34). The lowest BCUT2D eigenvalue weighted by Crippen LogP contribution is -2.34. The second kappa shape index (κ2) is 10.9. The van der Waals surface area contributed by atoms with Gasteiger partial charge in [-0.3, -0.25) is 14.9 Å². The monoisotopic (exact) mass is 475 g/mol. The summed E-state index contributed by atoms with van der Waals surface area (Å²) in [6, 6.07) is 21.5. The molecule has 0 spiro atoms. The summed E-state index contributed by atoms with van der Waals surface area (Å²) in [5.74, 6) is 0.204. The highest BCUT2D eigenvalue weighted by molar-refractivity contribution is 7.80. The van der Waals surface area contributed by atoms with Gasteiger partial charge in [0, 0.05) is 22.5 Å². The Balaban J connectivity index is 1.53. The number of hydrogen-bond donors (Lipinski definition) is 3. The number of thiocarbonyl (C=S) groups is 1. The molecule has 0 bridgehead atoms. The molecular formula is C27H29N3O3S. The number of nitrogens with one attached hydrogen (secondary N) is 3. The molecule has 0 saturated carbocycles. The van der Waals surface area contributed by atoms with Crippen LogP contribution in [0, 0.1) is 0 Å². The SMILES string of the molecule is CCOc1ccc(C(=O)NC(=S)Nc2ccc(NC(=O)c3ccc(C(C)(C)C)cc3)cc2)cc1. The van der Waals surface area contributed by atoms with Crippen molar-refractivity contribution < 1.29 is 14.3 Å². The molecule has 6 nitrogen and oxygen atoms in total. The molecule has 0 unspecified atom stereocenters. The van der Waals surface area contributed by atoms with E-state index < -0.39 is 0 Å². The third kappa shape index (κ3) is 6.89. The normalized spacial score (nSPS) is 10.8. The van der Waals surface area contributed by atoms with E-state index >= 15 is 0 Å². The fourth-order valence-corrected chi connectivity index (χ4v) is 3.38. The van der Waals surface area contributed by atoms with Crippen LogP contribution >= 0.6 is 12.2 Å². The highest BCUT2D eigenvalue weighted by Gasteiger charge is 2.14. The Bertz CT molecular complexity index is 1150. The second-order valence-electron chi connectivity index (χ2n) is 8.72. The van der Waals surface area contributed by atoms with Crippen LogP contribution < -0.4 is 20.7 Å². The Morgan fingerprint density at radius 2 is 1.26 bits per heavy atom. The summed E-state index contributed by atoms with van der Waals surface area (Å²) < 4.78 is 5.38. The van der Waals surface area contributed by atoms with Gasteiger partial charge in [-0.15, -0.1) is 0 Å². The van der Waals surface area contributed by atoms with E-state index in [1.165, 1.54) is 5.56 Å². The highest BCUT2D eigenvalue weighted by Crippen LogP contribution is 2.22. The van der Waals surface area contributed by atoms with Crippen molar-refractivity contribution in [2.75, 3.05) is 17.2 Å². The van der Waals surface area contributed by atoms with Gasteiger partial charge >= 0.3 is 0 Å². The fraction of sp³-hybridized carbons (Fsp3) is 0.222. The highest BCUT2D eigenvalue weighted by atomic mass is 32.1. The molecule has 0 radical (unpaired) electrons. The first-order valence-electron chi connectivity index (χ1n) is 11.0. The van der Waals surface area contributed by atoms with Crippen molar-refractivity contribution >= 4 is 40.5 Å². The molecule has 34 heavy (non-hydrogen) atoms. The van der Waals surface area contributed by atoms with E-state index in [9.17, 15) is 9.59 Å². The van der Waals surface area contributed by atoms with Gasteiger partial charge in [0.05, 0.1) is 6.61 Å². The van der Waals surface area contributed by atoms with E-state index in [-0.39, 0.29) is 22.3 Å². The minimum atomic E-state index is -0.318. The lowest BCUT2D eigenvalue weighted by molar-refractivity contribution is 0.0976. The molecule has 0 aliphatic heterocycles. The van der Waals surface area contributed by atoms with E-state index in [2.05, 4.69) is 36.7 Å². The minimum Gasteiger partial charge on any atom is -0.494 e. The number of carbonyl (C=O) groups is 2. The van der Waals surface area contributed by atoms with E-state index in [4.69, 9.17) is 17.0 Å². The summed E-state index contributed by atoms with van der Waals surface area (Å²) >= 11 is 5.25. The number of amides is 2. The van der Waals surface area contributed by atoms with Crippen molar-refractivity contribution in [3.8, 4) is 5.75 Å². The number of anilines is 2. The predicted octanol–water partition coefficient (Wildman–Crippen LogP) is 5.76. The Morgan fingerprint density at radius 1 is 0.765 bits per heavy atom. The lowest BCUT2D eigenvalue weighted by atomic mass is 9.87. The third-order valence-corrected chi connectivity index (χ3v) is 5.27. The molecule has 0 aromatic heterocycles. The largest absolute Gasteiger partial charge is 0.494 e. The average Bonchev–Trinajstić information content (AvgIpc) is 2.80. The summed E-state index contributed by atoms with van der Waals surface area (Å²) in [5, 5.41) is 8.68. The van der Waals surface area contributed by atoms with Gasteiger partial charge in [-0.2, -0.15) is 0 Å². The van der Waals surface area contributed by atoms with Gasteiger partial charge in [-0.05, 0) is 90.8 Å². The summed E-state index contributed by atoms with van der Waals surface area (Å²) in [5.41, 5.74) is 3.61. The molecule has 3 aromatic carbocycles. The average molecular weight is 476 g/mol. The van der Waals surface area contributed by atoms with Crippen molar-refractivity contribution in [3.05, 3.63) is 89.5 Å². The summed E-state index contributed by atoms with van der Waals surface area (Å²) in [6.07, 6.45) is 0. The van der Waals surface area contributed by atoms with Crippen LogP contribution in [0.2, 0.25) is 0 Å². The third-order valence-electron chi connectivity index (χ3n) is 5.07. The molecule has 2 amide bonds. The maximum atomic E-state index is 12.5. The van der Waals surface area contributed by atoms with E-state index in [1.807, 2.05) is 31.2 Å². The zero-order valence-corrected chi connectivity index (χ0v) is 20.6. The quantitative estimate of drug-likeness (QED) is 0.395. The zero-order valence-electron chi connectivity index (χ0n) is 19.8. The molecule has 0 aliphatic carbocycles. The van der Waals surface area contributed by atoms with Gasteiger partial charge < -0.3 is 15.4 Å². The number of hydrogen-bond acceptors (Lipinski definition) is 4. The molecule has 176 valence electrons. The van der Waals surface area contributed by atoms with Gasteiger partial charge in [0.1, 0.15) is 5.75 Å². The molecule has 3 N–H and O–H groups in total. The van der Waals surface area contributed by atoms with E-state index in [0.29, 0.717) is 34.9 Å². The lowest BCUT2D eigenvalue weighted by Gasteiger charge is -2.19. The van der Waals surface area contributed by atoms with Gasteiger partial charge in [0.25, 0.3) is 11.8 Å². The van der Waals surface area contributed by atoms with Gasteiger partial charge in [0.15, 0.2) is 5.11 Å². The molecule has 0 heterocycles.